The van der Waals surface area contributed by atoms with Crippen LogP contribution in [0.15, 0.2) is 34.8 Å². The van der Waals surface area contributed by atoms with Gasteiger partial charge in [0.05, 0.1) is 18.8 Å². The number of halogens is 3. The zero-order valence-electron chi connectivity index (χ0n) is 14.0. The molecule has 2 unspecified atom stereocenters. The molecule has 1 N–H and O–H groups in total. The summed E-state index contributed by atoms with van der Waals surface area (Å²) < 4.78 is 40.0. The zero-order valence-corrected chi connectivity index (χ0v) is 15.6. The summed E-state index contributed by atoms with van der Waals surface area (Å²) in [5.74, 6) is -0.562. The van der Waals surface area contributed by atoms with Crippen LogP contribution >= 0.6 is 15.9 Å². The third-order valence-corrected chi connectivity index (χ3v) is 5.13. The highest BCUT2D eigenvalue weighted by atomic mass is 79.9. The fourth-order valence-electron chi connectivity index (χ4n) is 3.58. The molecule has 2 aromatic rings. The van der Waals surface area contributed by atoms with E-state index in [2.05, 4.69) is 21.2 Å². The number of nitrogens with zero attached hydrogens (tertiary/aromatic N) is 1. The van der Waals surface area contributed by atoms with Crippen molar-refractivity contribution in [2.45, 2.75) is 25.1 Å². The molecule has 1 fully saturated rings. The van der Waals surface area contributed by atoms with Crippen LogP contribution in [0.2, 0.25) is 0 Å². The van der Waals surface area contributed by atoms with E-state index in [-0.39, 0.29) is 11.7 Å². The molecule has 136 valence electrons. The first kappa shape index (κ1) is 17.1. The van der Waals surface area contributed by atoms with Crippen LogP contribution in [0.4, 0.5) is 19.3 Å². The van der Waals surface area contributed by atoms with Crippen LogP contribution < -0.4 is 19.7 Å². The first-order chi connectivity index (χ1) is 12.3. The largest absolute Gasteiger partial charge is 0.493 e. The lowest BCUT2D eigenvalue weighted by molar-refractivity contribution is 0.0343. The van der Waals surface area contributed by atoms with E-state index in [4.69, 9.17) is 9.47 Å². The molecule has 0 saturated carbocycles. The van der Waals surface area contributed by atoms with Crippen LogP contribution in [0.25, 0.3) is 0 Å². The predicted molar refractivity (Wildman–Crippen MR) is 94.5 cm³/mol. The van der Waals surface area contributed by atoms with Crippen LogP contribution in [0.5, 0.6) is 11.5 Å². The van der Waals surface area contributed by atoms with Crippen molar-refractivity contribution in [3.8, 4) is 11.5 Å². The number of hydrogen-bond donors (Lipinski definition) is 1. The number of methoxy groups -OCH3 is 1. The molecule has 0 radical (unpaired) electrons. The highest BCUT2D eigenvalue weighted by Crippen LogP contribution is 2.50. The minimum atomic E-state index is -1.15. The van der Waals surface area contributed by atoms with Crippen LogP contribution in [0, 0.1) is 11.6 Å². The standard InChI is InChI=1S/C18H15BrF2N2O3/c1-18-8-13(11-5-9(19)6-15(25-2)16(11)26-18)22-17(24)23(18)14-4-3-10(20)7-12(14)21/h3-7,13H,8H2,1-2H3,(H,22,24). The number of amides is 2. The number of benzene rings is 2. The summed E-state index contributed by atoms with van der Waals surface area (Å²) in [4.78, 5) is 13.9. The lowest BCUT2D eigenvalue weighted by Crippen LogP contribution is -2.65. The van der Waals surface area contributed by atoms with Crippen LogP contribution in [-0.2, 0) is 0 Å². The van der Waals surface area contributed by atoms with Crippen molar-refractivity contribution >= 4 is 27.6 Å². The van der Waals surface area contributed by atoms with E-state index in [1.165, 1.54) is 18.1 Å². The fraction of sp³-hybridized carbons (Fsp3) is 0.278. The summed E-state index contributed by atoms with van der Waals surface area (Å²) in [6.45, 7) is 1.70. The summed E-state index contributed by atoms with van der Waals surface area (Å²) in [6.07, 6.45) is 0.391. The smallest absolute Gasteiger partial charge is 0.325 e. The monoisotopic (exact) mass is 424 g/mol. The summed E-state index contributed by atoms with van der Waals surface area (Å²) in [6, 6.07) is 5.86. The van der Waals surface area contributed by atoms with E-state index < -0.39 is 23.4 Å². The minimum Gasteiger partial charge on any atom is -0.493 e. The van der Waals surface area contributed by atoms with Gasteiger partial charge in [-0.25, -0.2) is 13.6 Å². The van der Waals surface area contributed by atoms with Gasteiger partial charge in [0.1, 0.15) is 11.6 Å². The lowest BCUT2D eigenvalue weighted by atomic mass is 9.90. The van der Waals surface area contributed by atoms with Gasteiger partial charge in [-0.2, -0.15) is 0 Å². The Balaban J connectivity index is 1.85. The molecule has 0 aromatic heterocycles. The van der Waals surface area contributed by atoms with E-state index in [0.29, 0.717) is 17.9 Å². The summed E-state index contributed by atoms with van der Waals surface area (Å²) in [5.41, 5.74) is -0.426. The summed E-state index contributed by atoms with van der Waals surface area (Å²) >= 11 is 3.42. The second-order valence-electron chi connectivity index (χ2n) is 6.44. The number of fused-ring (bicyclic) bond motifs is 4. The van der Waals surface area contributed by atoms with Crippen molar-refractivity contribution < 1.29 is 23.0 Å². The molecule has 2 bridgehead atoms. The molecule has 2 atom stereocenters. The van der Waals surface area contributed by atoms with Gasteiger partial charge in [0.2, 0.25) is 0 Å². The van der Waals surface area contributed by atoms with Gasteiger partial charge in [0.15, 0.2) is 17.2 Å². The minimum absolute atomic E-state index is 0.0515. The Bertz CT molecular complexity index is 924. The number of hydrogen-bond acceptors (Lipinski definition) is 3. The van der Waals surface area contributed by atoms with E-state index in [9.17, 15) is 13.6 Å². The van der Waals surface area contributed by atoms with Crippen molar-refractivity contribution in [3.63, 3.8) is 0 Å². The molecule has 0 spiro atoms. The summed E-state index contributed by atoms with van der Waals surface area (Å²) in [7, 11) is 1.52. The third kappa shape index (κ3) is 2.51. The molecule has 2 amide bonds. The Labute approximate surface area is 157 Å². The van der Waals surface area contributed by atoms with Crippen LogP contribution in [-0.4, -0.2) is 18.9 Å². The lowest BCUT2D eigenvalue weighted by Gasteiger charge is -2.50. The van der Waals surface area contributed by atoms with Gasteiger partial charge in [-0.1, -0.05) is 15.9 Å². The maximum Gasteiger partial charge on any atom is 0.325 e. The molecule has 1 saturated heterocycles. The van der Waals surface area contributed by atoms with Crippen molar-refractivity contribution in [3.05, 3.63) is 52.0 Å². The maximum atomic E-state index is 14.3. The van der Waals surface area contributed by atoms with Gasteiger partial charge in [0, 0.05) is 22.5 Å². The van der Waals surface area contributed by atoms with Crippen LogP contribution in [0.1, 0.15) is 24.9 Å². The fourth-order valence-corrected chi connectivity index (χ4v) is 4.03. The Morgan fingerprint density at radius 2 is 2.12 bits per heavy atom. The molecule has 5 nitrogen and oxygen atoms in total. The second kappa shape index (κ2) is 5.84. The average Bonchev–Trinajstić information content (AvgIpc) is 2.56. The van der Waals surface area contributed by atoms with Crippen LogP contribution in [0.3, 0.4) is 0 Å². The van der Waals surface area contributed by atoms with Crippen molar-refractivity contribution in [1.82, 2.24) is 5.32 Å². The Morgan fingerprint density at radius 1 is 1.35 bits per heavy atom. The molecule has 2 aliphatic rings. The first-order valence-electron chi connectivity index (χ1n) is 7.94. The highest BCUT2D eigenvalue weighted by molar-refractivity contribution is 9.10. The summed E-state index contributed by atoms with van der Waals surface area (Å²) in [5, 5.41) is 2.87. The Kier molecular flexibility index (Phi) is 3.83. The average molecular weight is 425 g/mol. The Morgan fingerprint density at radius 3 is 2.81 bits per heavy atom. The van der Waals surface area contributed by atoms with Gasteiger partial charge in [-0.3, -0.25) is 4.90 Å². The SMILES string of the molecule is COc1cc(Br)cc2c1OC1(C)CC2NC(=O)N1c1ccc(F)cc1F. The normalized spacial score (nSPS) is 23.8. The zero-order chi connectivity index (χ0) is 18.6. The van der Waals surface area contributed by atoms with Gasteiger partial charge >= 0.3 is 6.03 Å². The molecule has 26 heavy (non-hydrogen) atoms. The molecule has 8 heteroatoms. The van der Waals surface area contributed by atoms with Gasteiger partial charge in [0.25, 0.3) is 0 Å². The quantitative estimate of drug-likeness (QED) is 0.771. The van der Waals surface area contributed by atoms with E-state index in [1.54, 1.807) is 13.0 Å². The number of carbonyl (C=O) groups excluding carboxylic acids is 1. The third-order valence-electron chi connectivity index (χ3n) is 4.67. The van der Waals surface area contributed by atoms with E-state index in [0.717, 1.165) is 22.2 Å². The molecule has 0 aliphatic carbocycles. The van der Waals surface area contributed by atoms with Crippen molar-refractivity contribution in [2.75, 3.05) is 12.0 Å². The molecule has 4 rings (SSSR count). The number of carbonyl (C=O) groups is 1. The number of urea groups is 1. The van der Waals surface area contributed by atoms with E-state index >= 15 is 0 Å². The highest BCUT2D eigenvalue weighted by Gasteiger charge is 2.51. The van der Waals surface area contributed by atoms with Gasteiger partial charge in [-0.15, -0.1) is 0 Å². The molecular formula is C18H15BrF2N2O3. The predicted octanol–water partition coefficient (Wildman–Crippen LogP) is 4.51. The maximum absolute atomic E-state index is 14.3. The van der Waals surface area contributed by atoms with E-state index in [1.807, 2.05) is 6.07 Å². The first-order valence-corrected chi connectivity index (χ1v) is 8.74. The van der Waals surface area contributed by atoms with Gasteiger partial charge < -0.3 is 14.8 Å². The number of ether oxygens (including phenoxy) is 2. The second-order valence-corrected chi connectivity index (χ2v) is 7.36. The number of anilines is 1. The van der Waals surface area contributed by atoms with Gasteiger partial charge in [-0.05, 0) is 31.2 Å². The molecule has 2 heterocycles. The molecule has 2 aromatic carbocycles. The topological polar surface area (TPSA) is 50.8 Å². The number of nitrogens with one attached hydrogen (secondary N) is 1. The Hall–Kier alpha value is -2.35. The van der Waals surface area contributed by atoms with Crippen molar-refractivity contribution in [2.24, 2.45) is 0 Å². The molecule has 2 aliphatic heterocycles. The molecular weight excluding hydrogens is 410 g/mol. The van der Waals surface area contributed by atoms with Crippen molar-refractivity contribution in [1.29, 1.82) is 0 Å². The number of rotatable bonds is 2.